The molecule has 0 fully saturated rings. The van der Waals surface area contributed by atoms with Crippen molar-refractivity contribution < 1.29 is 0 Å². The van der Waals surface area contributed by atoms with Gasteiger partial charge in [0.2, 0.25) is 0 Å². The summed E-state index contributed by atoms with van der Waals surface area (Å²) in [7, 11) is 0. The molecule has 0 aliphatic carbocycles. The molecule has 0 saturated carbocycles. The van der Waals surface area contributed by atoms with Crippen molar-refractivity contribution in [2.75, 3.05) is 5.73 Å². The van der Waals surface area contributed by atoms with Gasteiger partial charge in [-0.3, -0.25) is 5.10 Å². The van der Waals surface area contributed by atoms with Gasteiger partial charge in [-0.1, -0.05) is 42.1 Å². The Labute approximate surface area is 122 Å². The number of nitrogens with two attached hydrogens (primary N) is 1. The molecule has 100 valence electrons. The van der Waals surface area contributed by atoms with Crippen LogP contribution in [0, 0.1) is 6.92 Å². The number of rotatable bonds is 3. The summed E-state index contributed by atoms with van der Waals surface area (Å²) in [6.07, 6.45) is 0. The molecule has 20 heavy (non-hydrogen) atoms. The predicted octanol–water partition coefficient (Wildman–Crippen LogP) is 4.12. The summed E-state index contributed by atoms with van der Waals surface area (Å²) in [5, 5.41) is 6.94. The number of nitrogen functional groups attached to an aromatic ring is 1. The first kappa shape index (κ1) is 12.8. The van der Waals surface area contributed by atoms with Gasteiger partial charge < -0.3 is 5.73 Å². The molecular formula is C16H15N3S. The lowest BCUT2D eigenvalue weighted by Crippen LogP contribution is -1.88. The van der Waals surface area contributed by atoms with Crippen LogP contribution < -0.4 is 5.73 Å². The number of nitrogens with one attached hydrogen (secondary N) is 1. The van der Waals surface area contributed by atoms with Crippen LogP contribution in [0.3, 0.4) is 0 Å². The molecule has 0 unspecified atom stereocenters. The lowest BCUT2D eigenvalue weighted by molar-refractivity contribution is 1.05. The van der Waals surface area contributed by atoms with Gasteiger partial charge in [0.05, 0.1) is 0 Å². The van der Waals surface area contributed by atoms with Gasteiger partial charge in [-0.25, -0.2) is 0 Å². The molecule has 0 saturated heterocycles. The van der Waals surface area contributed by atoms with E-state index < -0.39 is 0 Å². The SMILES string of the molecule is Cc1[nH]nc(N)c1-c1ccc(Sc2ccccc2)cc1. The van der Waals surface area contributed by atoms with E-state index in [4.69, 9.17) is 5.73 Å². The largest absolute Gasteiger partial charge is 0.382 e. The van der Waals surface area contributed by atoms with Crippen molar-refractivity contribution in [1.29, 1.82) is 0 Å². The Morgan fingerprint density at radius 2 is 1.60 bits per heavy atom. The van der Waals surface area contributed by atoms with Gasteiger partial charge in [0, 0.05) is 21.0 Å². The molecule has 1 aromatic heterocycles. The molecule has 3 rings (SSSR count). The van der Waals surface area contributed by atoms with E-state index in [-0.39, 0.29) is 0 Å². The number of aromatic nitrogens is 2. The molecule has 3 aromatic rings. The maximum absolute atomic E-state index is 5.89. The Kier molecular flexibility index (Phi) is 3.48. The van der Waals surface area contributed by atoms with Gasteiger partial charge in [0.15, 0.2) is 5.82 Å². The standard InChI is InChI=1S/C16H15N3S/c1-11-15(16(17)19-18-11)12-7-9-14(10-8-12)20-13-5-3-2-4-6-13/h2-10H,1H3,(H3,17,18,19). The fourth-order valence-corrected chi connectivity index (χ4v) is 2.96. The third-order valence-corrected chi connectivity index (χ3v) is 4.11. The fourth-order valence-electron chi connectivity index (χ4n) is 2.13. The number of benzene rings is 2. The van der Waals surface area contributed by atoms with E-state index in [2.05, 4.69) is 46.6 Å². The minimum atomic E-state index is 0.547. The summed E-state index contributed by atoms with van der Waals surface area (Å²) in [5.74, 6) is 0.547. The van der Waals surface area contributed by atoms with E-state index in [0.29, 0.717) is 5.82 Å². The number of H-pyrrole nitrogens is 1. The highest BCUT2D eigenvalue weighted by Gasteiger charge is 2.09. The van der Waals surface area contributed by atoms with Crippen LogP contribution in [0.2, 0.25) is 0 Å². The van der Waals surface area contributed by atoms with Crippen LogP contribution >= 0.6 is 11.8 Å². The first-order chi connectivity index (χ1) is 9.74. The van der Waals surface area contributed by atoms with Crippen molar-refractivity contribution in [1.82, 2.24) is 10.2 Å². The normalized spacial score (nSPS) is 10.7. The summed E-state index contributed by atoms with van der Waals surface area (Å²) >= 11 is 1.75. The third-order valence-electron chi connectivity index (χ3n) is 3.10. The number of hydrogen-bond donors (Lipinski definition) is 2. The van der Waals surface area contributed by atoms with Crippen LogP contribution in [0.4, 0.5) is 5.82 Å². The fraction of sp³-hybridized carbons (Fsp3) is 0.0625. The Bertz CT molecular complexity index is 683. The summed E-state index contributed by atoms with van der Waals surface area (Å²) in [6, 6.07) is 18.7. The van der Waals surface area contributed by atoms with Gasteiger partial charge >= 0.3 is 0 Å². The number of anilines is 1. The Balaban J connectivity index is 1.85. The van der Waals surface area contributed by atoms with Gasteiger partial charge in [0.1, 0.15) is 0 Å². The van der Waals surface area contributed by atoms with Gasteiger partial charge in [-0.15, -0.1) is 0 Å². The van der Waals surface area contributed by atoms with Crippen molar-refractivity contribution in [3.8, 4) is 11.1 Å². The minimum Gasteiger partial charge on any atom is -0.382 e. The molecule has 4 heteroatoms. The smallest absolute Gasteiger partial charge is 0.153 e. The maximum atomic E-state index is 5.89. The summed E-state index contributed by atoms with van der Waals surface area (Å²) < 4.78 is 0. The molecule has 0 atom stereocenters. The lowest BCUT2D eigenvalue weighted by atomic mass is 10.1. The second kappa shape index (κ2) is 5.43. The monoisotopic (exact) mass is 281 g/mol. The zero-order chi connectivity index (χ0) is 13.9. The maximum Gasteiger partial charge on any atom is 0.153 e. The molecular weight excluding hydrogens is 266 g/mol. The Morgan fingerprint density at radius 1 is 0.950 bits per heavy atom. The molecule has 2 aromatic carbocycles. The van der Waals surface area contributed by atoms with Crippen LogP contribution in [0.25, 0.3) is 11.1 Å². The Morgan fingerprint density at radius 3 is 2.20 bits per heavy atom. The zero-order valence-corrected chi connectivity index (χ0v) is 11.9. The van der Waals surface area contributed by atoms with Crippen molar-refractivity contribution in [3.05, 3.63) is 60.3 Å². The first-order valence-corrected chi connectivity index (χ1v) is 7.19. The molecule has 0 aliphatic rings. The van der Waals surface area contributed by atoms with Crippen molar-refractivity contribution in [2.45, 2.75) is 16.7 Å². The van der Waals surface area contributed by atoms with Crippen LogP contribution in [-0.4, -0.2) is 10.2 Å². The summed E-state index contributed by atoms with van der Waals surface area (Å²) in [5.41, 5.74) is 8.96. The first-order valence-electron chi connectivity index (χ1n) is 6.38. The molecule has 0 bridgehead atoms. The molecule has 1 heterocycles. The molecule has 0 radical (unpaired) electrons. The van der Waals surface area contributed by atoms with Crippen LogP contribution in [-0.2, 0) is 0 Å². The second-order valence-corrected chi connectivity index (χ2v) is 5.70. The topological polar surface area (TPSA) is 54.7 Å². The minimum absolute atomic E-state index is 0.547. The van der Waals surface area contributed by atoms with Crippen molar-refractivity contribution in [3.63, 3.8) is 0 Å². The average molecular weight is 281 g/mol. The Hall–Kier alpha value is -2.20. The molecule has 0 amide bonds. The number of nitrogens with zero attached hydrogens (tertiary/aromatic N) is 1. The van der Waals surface area contributed by atoms with Crippen LogP contribution in [0.5, 0.6) is 0 Å². The van der Waals surface area contributed by atoms with E-state index >= 15 is 0 Å². The lowest BCUT2D eigenvalue weighted by Gasteiger charge is -2.04. The van der Waals surface area contributed by atoms with Crippen molar-refractivity contribution in [2.24, 2.45) is 0 Å². The summed E-state index contributed by atoms with van der Waals surface area (Å²) in [4.78, 5) is 2.44. The van der Waals surface area contributed by atoms with E-state index in [1.807, 2.05) is 25.1 Å². The van der Waals surface area contributed by atoms with Gasteiger partial charge in [0.25, 0.3) is 0 Å². The molecule has 0 aliphatic heterocycles. The zero-order valence-electron chi connectivity index (χ0n) is 11.1. The summed E-state index contributed by atoms with van der Waals surface area (Å²) in [6.45, 7) is 1.98. The quantitative estimate of drug-likeness (QED) is 0.759. The van der Waals surface area contributed by atoms with E-state index in [1.54, 1.807) is 11.8 Å². The van der Waals surface area contributed by atoms with E-state index in [0.717, 1.165) is 16.8 Å². The second-order valence-electron chi connectivity index (χ2n) is 4.55. The molecule has 0 spiro atoms. The van der Waals surface area contributed by atoms with Crippen LogP contribution in [0.15, 0.2) is 64.4 Å². The highest BCUT2D eigenvalue weighted by Crippen LogP contribution is 2.32. The van der Waals surface area contributed by atoms with Crippen molar-refractivity contribution >= 4 is 17.6 Å². The molecule has 3 N–H and O–H groups in total. The van der Waals surface area contributed by atoms with E-state index in [9.17, 15) is 0 Å². The van der Waals surface area contributed by atoms with Gasteiger partial charge in [-0.05, 0) is 36.8 Å². The molecule has 3 nitrogen and oxygen atoms in total. The van der Waals surface area contributed by atoms with Gasteiger partial charge in [-0.2, -0.15) is 5.10 Å². The number of aromatic amines is 1. The third kappa shape index (κ3) is 2.56. The predicted molar refractivity (Wildman–Crippen MR) is 83.7 cm³/mol. The van der Waals surface area contributed by atoms with E-state index in [1.165, 1.54) is 9.79 Å². The highest BCUT2D eigenvalue weighted by molar-refractivity contribution is 7.99. The number of aryl methyl sites for hydroxylation is 1. The highest BCUT2D eigenvalue weighted by atomic mass is 32.2. The van der Waals surface area contributed by atoms with Crippen LogP contribution in [0.1, 0.15) is 5.69 Å². The number of hydrogen-bond acceptors (Lipinski definition) is 3. The average Bonchev–Trinajstić information content (AvgIpc) is 2.81.